The summed E-state index contributed by atoms with van der Waals surface area (Å²) >= 11 is -2.48. The Kier molecular flexibility index (Phi) is 12.6. The zero-order chi connectivity index (χ0) is 6.41. The molecule has 0 amide bonds. The van der Waals surface area contributed by atoms with E-state index >= 15 is 0 Å². The topological polar surface area (TPSA) is 87.4 Å². The van der Waals surface area contributed by atoms with Crippen molar-refractivity contribution < 1.29 is 44.0 Å². The van der Waals surface area contributed by atoms with Crippen LogP contribution in [0.15, 0.2) is 0 Å². The zero-order valence-corrected chi connectivity index (χ0v) is 7.94. The molecule has 0 bridgehead atoms. The normalized spacial score (nSPS) is 12.2. The van der Waals surface area contributed by atoms with E-state index < -0.39 is 11.4 Å². The van der Waals surface area contributed by atoms with E-state index in [9.17, 15) is 8.76 Å². The van der Waals surface area contributed by atoms with Gasteiger partial charge >= 0.3 is 29.6 Å². The van der Waals surface area contributed by atoms with Gasteiger partial charge in [-0.05, 0) is 0 Å². The van der Waals surface area contributed by atoms with E-state index in [0.717, 1.165) is 0 Å². The second kappa shape index (κ2) is 8.99. The van der Waals surface area contributed by atoms with E-state index in [1.807, 2.05) is 0 Å². The first-order valence-electron chi connectivity index (χ1n) is 1.97. The maximum Gasteiger partial charge on any atom is 1.00 e. The molecule has 0 saturated carbocycles. The van der Waals surface area contributed by atoms with E-state index in [2.05, 4.69) is 9.76 Å². The van der Waals surface area contributed by atoms with E-state index in [4.69, 9.17) is 5.73 Å². The van der Waals surface area contributed by atoms with Gasteiger partial charge in [0.2, 0.25) is 0 Å². The average molecular weight is 163 g/mol. The van der Waals surface area contributed by atoms with Crippen LogP contribution in [0.4, 0.5) is 0 Å². The Bertz CT molecular complexity index is 86.9. The van der Waals surface area contributed by atoms with Crippen LogP contribution in [0.3, 0.4) is 0 Å². The third-order valence-corrected chi connectivity index (χ3v) is 0.627. The smallest absolute Gasteiger partial charge is 1.00 e. The van der Waals surface area contributed by atoms with E-state index in [-0.39, 0.29) is 31.0 Å². The summed E-state index contributed by atoms with van der Waals surface area (Å²) in [5.41, 5.74) is 7.07. The van der Waals surface area contributed by atoms with Crippen LogP contribution in [-0.4, -0.2) is 21.9 Å². The third kappa shape index (κ3) is 12.2. The van der Waals surface area contributed by atoms with Gasteiger partial charge in [-0.1, -0.05) is 0 Å². The zero-order valence-electron chi connectivity index (χ0n) is 6.12. The third-order valence-electron chi connectivity index (χ3n) is 0.373. The maximum atomic E-state index is 9.55. The van der Waals surface area contributed by atoms with Crippen LogP contribution >= 0.6 is 0 Å². The summed E-state index contributed by atoms with van der Waals surface area (Å²) in [6.45, 7) is 0.672. The fourth-order valence-electron chi connectivity index (χ4n) is 0.149. The first kappa shape index (κ1) is 12.6. The Hall–Kier alpha value is 0.990. The minimum absolute atomic E-state index is 0. The van der Waals surface area contributed by atoms with Crippen molar-refractivity contribution in [1.82, 2.24) is 5.48 Å². The average Bonchev–Trinajstić information content (AvgIpc) is 1.66. The predicted molar refractivity (Wildman–Crippen MR) is 28.2 cm³/mol. The Balaban J connectivity index is -0.000000245. The predicted octanol–water partition coefficient (Wildman–Crippen LogP) is -4.62. The molecule has 3 N–H and O–H groups in total. The summed E-state index contributed by atoms with van der Waals surface area (Å²) in [5.74, 6) is 0. The fraction of sp³-hybridized carbons (Fsp3) is 1.00. The second-order valence-corrected chi connectivity index (χ2v) is 1.55. The summed E-state index contributed by atoms with van der Waals surface area (Å²) < 4.78 is 23.0. The van der Waals surface area contributed by atoms with Crippen LogP contribution in [0.2, 0.25) is 0 Å². The van der Waals surface area contributed by atoms with Crippen LogP contribution in [0, 0.1) is 0 Å². The molecule has 0 aliphatic heterocycles. The molecule has 5 nitrogen and oxygen atoms in total. The van der Waals surface area contributed by atoms with Crippen molar-refractivity contribution in [3.63, 3.8) is 0 Å². The van der Waals surface area contributed by atoms with Crippen LogP contribution in [0.5, 0.6) is 0 Å². The van der Waals surface area contributed by atoms with E-state index in [0.29, 0.717) is 13.1 Å². The number of rotatable bonds is 4. The van der Waals surface area contributed by atoms with Crippen molar-refractivity contribution in [3.05, 3.63) is 0 Å². The van der Waals surface area contributed by atoms with E-state index in [1.165, 1.54) is 0 Å². The number of hydroxylamine groups is 1. The van der Waals surface area contributed by atoms with Gasteiger partial charge in [-0.15, -0.1) is 0 Å². The number of hydrogen-bond acceptors (Lipinski definition) is 5. The molecular weight excluding hydrogens is 155 g/mol. The molecule has 52 valence electrons. The van der Waals surface area contributed by atoms with Crippen molar-refractivity contribution in [3.8, 4) is 0 Å². The van der Waals surface area contributed by atoms with Gasteiger partial charge in [-0.3, -0.25) is 0 Å². The molecule has 1 unspecified atom stereocenters. The van der Waals surface area contributed by atoms with Gasteiger partial charge in [-0.25, -0.2) is 8.49 Å². The van der Waals surface area contributed by atoms with Crippen molar-refractivity contribution in [1.29, 1.82) is 0 Å². The monoisotopic (exact) mass is 163 g/mol. The SMILES string of the molecule is NCCNOS(=O)[O-].[H-].[Na+]. The number of nitrogens with two attached hydrogens (primary N) is 1. The van der Waals surface area contributed by atoms with Gasteiger partial charge in [0, 0.05) is 13.1 Å². The minimum Gasteiger partial charge on any atom is -1.00 e. The van der Waals surface area contributed by atoms with Gasteiger partial charge < -0.3 is 11.7 Å². The first-order valence-corrected chi connectivity index (χ1v) is 2.97. The van der Waals surface area contributed by atoms with Gasteiger partial charge in [0.15, 0.2) is 0 Å². The molecule has 9 heavy (non-hydrogen) atoms. The minimum atomic E-state index is -2.48. The van der Waals surface area contributed by atoms with Crippen LogP contribution in [0.1, 0.15) is 1.43 Å². The number of nitrogens with one attached hydrogen (secondary N) is 1. The molecule has 0 radical (unpaired) electrons. The molecule has 0 aliphatic carbocycles. The molecule has 0 saturated heterocycles. The quantitative estimate of drug-likeness (QED) is 0.188. The summed E-state index contributed by atoms with van der Waals surface area (Å²) in [6.07, 6.45) is 0. The molecule has 0 aromatic carbocycles. The summed E-state index contributed by atoms with van der Waals surface area (Å²) in [6, 6.07) is 0. The molecule has 0 aromatic rings. The standard InChI is InChI=1S/C2H8N2O3S.Na.H/c3-1-2-4-7-8(5)6;;/h4H,1-3H2,(H,5,6);;/q;+1;-1/p-1. The van der Waals surface area contributed by atoms with Crippen molar-refractivity contribution in [2.75, 3.05) is 13.1 Å². The molecule has 0 spiro atoms. The summed E-state index contributed by atoms with van der Waals surface area (Å²) in [5, 5.41) is 0. The molecule has 0 aliphatic rings. The number of hydrogen-bond donors (Lipinski definition) is 2. The van der Waals surface area contributed by atoms with Crippen molar-refractivity contribution >= 4 is 11.4 Å². The molecule has 0 heterocycles. The molecule has 1 atom stereocenters. The first-order chi connectivity index (χ1) is 3.77. The van der Waals surface area contributed by atoms with Gasteiger partial charge in [-0.2, -0.15) is 5.48 Å². The van der Waals surface area contributed by atoms with E-state index in [1.54, 1.807) is 0 Å². The summed E-state index contributed by atoms with van der Waals surface area (Å²) in [7, 11) is 0. The van der Waals surface area contributed by atoms with Crippen molar-refractivity contribution in [2.45, 2.75) is 0 Å². The van der Waals surface area contributed by atoms with Crippen molar-refractivity contribution in [2.24, 2.45) is 5.73 Å². The maximum absolute atomic E-state index is 9.55. The summed E-state index contributed by atoms with van der Waals surface area (Å²) in [4.78, 5) is 0. The second-order valence-electron chi connectivity index (χ2n) is 0.970. The molecule has 0 rings (SSSR count). The molecule has 0 fully saturated rings. The van der Waals surface area contributed by atoms with Gasteiger partial charge in [0.25, 0.3) is 0 Å². The Labute approximate surface area is 79.5 Å². The Morgan fingerprint density at radius 3 is 2.78 bits per heavy atom. The van der Waals surface area contributed by atoms with Crippen LogP contribution < -0.4 is 40.8 Å². The van der Waals surface area contributed by atoms with Gasteiger partial charge in [0.1, 0.15) is 11.4 Å². The van der Waals surface area contributed by atoms with Crippen LogP contribution in [-0.2, 0) is 15.6 Å². The van der Waals surface area contributed by atoms with Gasteiger partial charge in [0.05, 0.1) is 0 Å². The molecular formula is C2H8N2NaO3S-. The Morgan fingerprint density at radius 2 is 2.44 bits per heavy atom. The van der Waals surface area contributed by atoms with Crippen LogP contribution in [0.25, 0.3) is 0 Å². The Morgan fingerprint density at radius 1 is 1.89 bits per heavy atom. The molecule has 0 aromatic heterocycles. The largest absolute Gasteiger partial charge is 1.00 e. The fourth-order valence-corrected chi connectivity index (χ4v) is 0.328. The molecule has 7 heteroatoms.